The lowest BCUT2D eigenvalue weighted by Gasteiger charge is -2.44. The number of hydrogen-bond donors (Lipinski definition) is 1. The summed E-state index contributed by atoms with van der Waals surface area (Å²) in [6.07, 6.45) is 3.50. The number of carbonyl (C=O) groups is 1. The van der Waals surface area contributed by atoms with Crippen LogP contribution in [0.25, 0.3) is 10.9 Å². The van der Waals surface area contributed by atoms with Gasteiger partial charge in [-0.25, -0.2) is 0 Å². The van der Waals surface area contributed by atoms with E-state index < -0.39 is 0 Å². The number of likely N-dealkylation sites (tertiary alicyclic amines) is 1. The van der Waals surface area contributed by atoms with Crippen molar-refractivity contribution in [3.8, 4) is 0 Å². The van der Waals surface area contributed by atoms with Crippen molar-refractivity contribution >= 4 is 16.8 Å². The first kappa shape index (κ1) is 11.7. The number of para-hydroxylation sites is 1. The topological polar surface area (TPSA) is 52.2 Å². The van der Waals surface area contributed by atoms with Crippen molar-refractivity contribution in [3.05, 3.63) is 30.0 Å². The number of piperidine rings is 1. The van der Waals surface area contributed by atoms with Crippen molar-refractivity contribution in [2.45, 2.75) is 37.4 Å². The van der Waals surface area contributed by atoms with Gasteiger partial charge in [0.05, 0.1) is 5.52 Å². The summed E-state index contributed by atoms with van der Waals surface area (Å²) in [4.78, 5) is 17.8. The van der Waals surface area contributed by atoms with Crippen LogP contribution in [-0.4, -0.2) is 57.1 Å². The number of aromatic nitrogens is 2. The van der Waals surface area contributed by atoms with Gasteiger partial charge in [0, 0.05) is 30.1 Å². The number of amides is 1. The minimum absolute atomic E-state index is 0.117. The van der Waals surface area contributed by atoms with Crippen molar-refractivity contribution in [1.29, 1.82) is 0 Å². The van der Waals surface area contributed by atoms with E-state index in [1.807, 2.05) is 24.3 Å². The Labute approximate surface area is 122 Å². The molecule has 21 heavy (non-hydrogen) atoms. The van der Waals surface area contributed by atoms with Crippen molar-refractivity contribution in [1.82, 2.24) is 20.0 Å². The standard InChI is InChI=1S/C16H18N4O/c21-16(15-11-4-1-2-5-12(11)17-18-15)20-10-8-14-13(20)6-3-7-19(14)9-10/h1-2,4-5,10,13-14H,3,6-9H2,(H,17,18). The maximum atomic E-state index is 13.0. The lowest BCUT2D eigenvalue weighted by atomic mass is 9.97. The quantitative estimate of drug-likeness (QED) is 0.865. The van der Waals surface area contributed by atoms with Crippen molar-refractivity contribution in [2.75, 3.05) is 13.1 Å². The molecule has 108 valence electrons. The molecule has 0 spiro atoms. The average Bonchev–Trinajstić information content (AvgIpc) is 3.19. The molecule has 1 amide bonds. The van der Waals surface area contributed by atoms with E-state index in [0.29, 0.717) is 23.8 Å². The number of aromatic amines is 1. The molecule has 3 aliphatic rings. The number of piperazine rings is 1. The molecule has 0 saturated carbocycles. The number of nitrogens with zero attached hydrogens (tertiary/aromatic N) is 3. The van der Waals surface area contributed by atoms with Crippen LogP contribution in [0.15, 0.2) is 24.3 Å². The van der Waals surface area contributed by atoms with E-state index in [0.717, 1.165) is 30.3 Å². The molecule has 5 nitrogen and oxygen atoms in total. The van der Waals surface area contributed by atoms with Crippen LogP contribution < -0.4 is 0 Å². The molecule has 3 unspecified atom stereocenters. The van der Waals surface area contributed by atoms with Crippen LogP contribution in [-0.2, 0) is 0 Å². The number of hydrogen-bond acceptors (Lipinski definition) is 3. The highest BCUT2D eigenvalue weighted by Crippen LogP contribution is 2.41. The molecule has 5 heteroatoms. The van der Waals surface area contributed by atoms with E-state index in [2.05, 4.69) is 20.0 Å². The van der Waals surface area contributed by atoms with Gasteiger partial charge in [-0.3, -0.25) is 14.8 Å². The predicted molar refractivity (Wildman–Crippen MR) is 79.1 cm³/mol. The Bertz CT molecular complexity index is 722. The highest BCUT2D eigenvalue weighted by Gasteiger charge is 2.53. The number of H-pyrrole nitrogens is 1. The zero-order valence-corrected chi connectivity index (χ0v) is 11.8. The first-order valence-electron chi connectivity index (χ1n) is 7.83. The summed E-state index contributed by atoms with van der Waals surface area (Å²) in [7, 11) is 0. The molecule has 5 rings (SSSR count). The Morgan fingerprint density at radius 2 is 2.19 bits per heavy atom. The first-order valence-corrected chi connectivity index (χ1v) is 7.83. The van der Waals surface area contributed by atoms with Gasteiger partial charge in [-0.1, -0.05) is 18.2 Å². The van der Waals surface area contributed by atoms with Gasteiger partial charge in [-0.05, 0) is 31.9 Å². The summed E-state index contributed by atoms with van der Waals surface area (Å²) in [5.74, 6) is 0.117. The van der Waals surface area contributed by atoms with E-state index in [1.165, 1.54) is 13.0 Å². The van der Waals surface area contributed by atoms with Crippen molar-refractivity contribution in [2.24, 2.45) is 0 Å². The van der Waals surface area contributed by atoms with Crippen LogP contribution in [0.3, 0.4) is 0 Å². The Balaban J connectivity index is 1.54. The predicted octanol–water partition coefficient (Wildman–Crippen LogP) is 1.62. The number of fused-ring (bicyclic) bond motifs is 2. The van der Waals surface area contributed by atoms with E-state index in [-0.39, 0.29) is 5.91 Å². The second-order valence-electron chi connectivity index (χ2n) is 6.49. The second kappa shape index (κ2) is 4.07. The third-order valence-electron chi connectivity index (χ3n) is 5.48. The van der Waals surface area contributed by atoms with E-state index in [9.17, 15) is 4.79 Å². The lowest BCUT2D eigenvalue weighted by molar-refractivity contribution is 0.0274. The maximum absolute atomic E-state index is 13.0. The second-order valence-corrected chi connectivity index (χ2v) is 6.49. The molecule has 3 saturated heterocycles. The third-order valence-corrected chi connectivity index (χ3v) is 5.48. The Hall–Kier alpha value is -1.88. The van der Waals surface area contributed by atoms with Gasteiger partial charge in [0.1, 0.15) is 0 Å². The van der Waals surface area contributed by atoms with Crippen LogP contribution in [0.2, 0.25) is 0 Å². The highest BCUT2D eigenvalue weighted by molar-refractivity contribution is 6.05. The molecular weight excluding hydrogens is 264 g/mol. The number of nitrogens with one attached hydrogen (secondary N) is 1. The molecule has 0 aliphatic carbocycles. The monoisotopic (exact) mass is 282 g/mol. The SMILES string of the molecule is O=C(c1n[nH]c2ccccc12)N1C2CC3C1CCCN3C2. The minimum Gasteiger partial charge on any atom is -0.328 e. The Kier molecular flexibility index (Phi) is 2.28. The van der Waals surface area contributed by atoms with Crippen LogP contribution >= 0.6 is 0 Å². The van der Waals surface area contributed by atoms with E-state index in [1.54, 1.807) is 0 Å². The third kappa shape index (κ3) is 1.50. The fourth-order valence-electron chi connectivity index (χ4n) is 4.62. The van der Waals surface area contributed by atoms with Crippen molar-refractivity contribution < 1.29 is 4.79 Å². The summed E-state index contributed by atoms with van der Waals surface area (Å²) >= 11 is 0. The molecule has 3 aliphatic heterocycles. The summed E-state index contributed by atoms with van der Waals surface area (Å²) in [6, 6.07) is 9.27. The largest absolute Gasteiger partial charge is 0.328 e. The molecule has 2 bridgehead atoms. The zero-order chi connectivity index (χ0) is 14.0. The van der Waals surface area contributed by atoms with Crippen LogP contribution in [0.4, 0.5) is 0 Å². The first-order chi connectivity index (χ1) is 10.3. The van der Waals surface area contributed by atoms with Crippen LogP contribution in [0.1, 0.15) is 29.8 Å². The average molecular weight is 282 g/mol. The molecule has 0 radical (unpaired) electrons. The summed E-state index contributed by atoms with van der Waals surface area (Å²) < 4.78 is 0. The molecular formula is C16H18N4O. The molecule has 2 aromatic rings. The minimum atomic E-state index is 0.117. The Morgan fingerprint density at radius 3 is 3.14 bits per heavy atom. The molecule has 1 N–H and O–H groups in total. The van der Waals surface area contributed by atoms with Gasteiger partial charge in [0.15, 0.2) is 5.69 Å². The lowest BCUT2D eigenvalue weighted by Crippen LogP contribution is -2.57. The number of rotatable bonds is 1. The number of benzene rings is 1. The van der Waals surface area contributed by atoms with Gasteiger partial charge in [0.25, 0.3) is 5.91 Å². The summed E-state index contributed by atoms with van der Waals surface area (Å²) in [6.45, 7) is 2.26. The molecule has 3 atom stereocenters. The van der Waals surface area contributed by atoms with Gasteiger partial charge < -0.3 is 4.90 Å². The molecule has 3 fully saturated rings. The van der Waals surface area contributed by atoms with E-state index >= 15 is 0 Å². The number of carbonyl (C=O) groups excluding carboxylic acids is 1. The maximum Gasteiger partial charge on any atom is 0.275 e. The van der Waals surface area contributed by atoms with Crippen LogP contribution in [0.5, 0.6) is 0 Å². The van der Waals surface area contributed by atoms with E-state index in [4.69, 9.17) is 0 Å². The molecule has 1 aromatic carbocycles. The summed E-state index contributed by atoms with van der Waals surface area (Å²) in [5.41, 5.74) is 1.53. The zero-order valence-electron chi connectivity index (χ0n) is 11.8. The summed E-state index contributed by atoms with van der Waals surface area (Å²) in [5, 5.41) is 8.23. The fourth-order valence-corrected chi connectivity index (χ4v) is 4.62. The Morgan fingerprint density at radius 1 is 1.29 bits per heavy atom. The highest BCUT2D eigenvalue weighted by atomic mass is 16.2. The fraction of sp³-hybridized carbons (Fsp3) is 0.500. The normalized spacial score (nSPS) is 31.2. The molecule has 1 aromatic heterocycles. The van der Waals surface area contributed by atoms with Gasteiger partial charge in [-0.15, -0.1) is 0 Å². The van der Waals surface area contributed by atoms with Gasteiger partial charge in [0.2, 0.25) is 0 Å². The smallest absolute Gasteiger partial charge is 0.275 e. The van der Waals surface area contributed by atoms with Gasteiger partial charge >= 0.3 is 0 Å². The van der Waals surface area contributed by atoms with Gasteiger partial charge in [-0.2, -0.15) is 5.10 Å². The van der Waals surface area contributed by atoms with Crippen LogP contribution in [0, 0.1) is 0 Å². The van der Waals surface area contributed by atoms with Crippen molar-refractivity contribution in [3.63, 3.8) is 0 Å². The molecule has 4 heterocycles.